The summed E-state index contributed by atoms with van der Waals surface area (Å²) in [6.07, 6.45) is 9.81. The molecule has 2 aliphatic rings. The van der Waals surface area contributed by atoms with Crippen LogP contribution in [0, 0.1) is 5.82 Å². The number of benzene rings is 3. The lowest BCUT2D eigenvalue weighted by molar-refractivity contribution is -0.127. The number of amides is 2. The van der Waals surface area contributed by atoms with Crippen LogP contribution in [0.3, 0.4) is 0 Å². The zero-order valence-electron chi connectivity index (χ0n) is 26.9. The molecular formula is C36H41FN6O4. The van der Waals surface area contributed by atoms with E-state index in [0.29, 0.717) is 40.1 Å². The molecule has 1 unspecified atom stereocenters. The van der Waals surface area contributed by atoms with Crippen molar-refractivity contribution in [3.05, 3.63) is 83.7 Å². The Bertz CT molecular complexity index is 1660. The first-order valence-electron chi connectivity index (χ1n) is 16.4. The number of ether oxygens (including phenoxy) is 2. The third-order valence-electron chi connectivity index (χ3n) is 9.28. The number of aromatic nitrogens is 4. The van der Waals surface area contributed by atoms with Gasteiger partial charge in [-0.25, -0.2) is 4.39 Å². The molecule has 6 rings (SSSR count). The largest absolute Gasteiger partial charge is 0.493 e. The molecule has 0 saturated heterocycles. The second kappa shape index (κ2) is 14.7. The van der Waals surface area contributed by atoms with Crippen molar-refractivity contribution in [1.82, 2.24) is 25.5 Å². The summed E-state index contributed by atoms with van der Waals surface area (Å²) in [6, 6.07) is 17.9. The lowest BCUT2D eigenvalue weighted by Crippen LogP contribution is -2.47. The van der Waals surface area contributed by atoms with E-state index in [1.165, 1.54) is 46.7 Å². The summed E-state index contributed by atoms with van der Waals surface area (Å²) >= 11 is 0. The fraction of sp³-hybridized carbons (Fsp3) is 0.417. The summed E-state index contributed by atoms with van der Waals surface area (Å²) in [4.78, 5) is 31.2. The molecule has 0 bridgehead atoms. The molecule has 0 radical (unpaired) electrons. The van der Waals surface area contributed by atoms with Crippen LogP contribution in [0.5, 0.6) is 11.5 Å². The molecular weight excluding hydrogens is 599 g/mol. The summed E-state index contributed by atoms with van der Waals surface area (Å²) < 4.78 is 24.8. The van der Waals surface area contributed by atoms with Crippen LogP contribution in [0.1, 0.15) is 80.9 Å². The third kappa shape index (κ3) is 7.45. The van der Waals surface area contributed by atoms with E-state index in [2.05, 4.69) is 32.9 Å². The molecule has 10 nitrogen and oxygen atoms in total. The molecule has 246 valence electrons. The highest BCUT2D eigenvalue weighted by atomic mass is 19.1. The van der Waals surface area contributed by atoms with Gasteiger partial charge in [-0.3, -0.25) is 14.5 Å². The molecule has 1 atom stereocenters. The van der Waals surface area contributed by atoms with Crippen molar-refractivity contribution in [2.24, 2.45) is 0 Å². The van der Waals surface area contributed by atoms with E-state index in [4.69, 9.17) is 9.47 Å². The van der Waals surface area contributed by atoms with Crippen LogP contribution < -0.4 is 19.7 Å². The smallest absolute Gasteiger partial charge is 0.251 e. The summed E-state index contributed by atoms with van der Waals surface area (Å²) in [5, 5.41) is 16.0. The second-order valence-electron chi connectivity index (χ2n) is 12.3. The first-order valence-corrected chi connectivity index (χ1v) is 16.4. The van der Waals surface area contributed by atoms with Gasteiger partial charge in [0.25, 0.3) is 5.91 Å². The number of halogens is 1. The van der Waals surface area contributed by atoms with E-state index in [-0.39, 0.29) is 18.5 Å². The second-order valence-corrected chi connectivity index (χ2v) is 12.3. The van der Waals surface area contributed by atoms with Gasteiger partial charge in [0.05, 0.1) is 14.2 Å². The van der Waals surface area contributed by atoms with Crippen molar-refractivity contribution in [1.29, 1.82) is 0 Å². The van der Waals surface area contributed by atoms with Gasteiger partial charge in [0.2, 0.25) is 11.7 Å². The lowest BCUT2D eigenvalue weighted by Gasteiger charge is -2.32. The van der Waals surface area contributed by atoms with Crippen molar-refractivity contribution in [3.63, 3.8) is 0 Å². The first kappa shape index (κ1) is 32.2. The van der Waals surface area contributed by atoms with Gasteiger partial charge < -0.3 is 14.8 Å². The van der Waals surface area contributed by atoms with Gasteiger partial charge in [-0.15, -0.1) is 10.2 Å². The number of hydrogen-bond acceptors (Lipinski definition) is 7. The predicted octanol–water partition coefficient (Wildman–Crippen LogP) is 6.38. The van der Waals surface area contributed by atoms with Crippen LogP contribution in [0.2, 0.25) is 0 Å². The maximum Gasteiger partial charge on any atom is 0.251 e. The van der Waals surface area contributed by atoms with Crippen LogP contribution >= 0.6 is 0 Å². The lowest BCUT2D eigenvalue weighted by atomic mass is 9.84. The molecule has 3 aromatic carbocycles. The minimum atomic E-state index is -1.04. The average molecular weight is 641 g/mol. The highest BCUT2D eigenvalue weighted by Gasteiger charge is 2.35. The number of nitrogens with one attached hydrogen (secondary N) is 1. The monoisotopic (exact) mass is 640 g/mol. The first-order chi connectivity index (χ1) is 22.9. The Hall–Kier alpha value is -4.80. The number of anilines is 1. The van der Waals surface area contributed by atoms with Gasteiger partial charge in [0, 0.05) is 17.3 Å². The summed E-state index contributed by atoms with van der Waals surface area (Å²) in [7, 11) is 3.10. The molecule has 1 heterocycles. The van der Waals surface area contributed by atoms with Crippen LogP contribution in [-0.4, -0.2) is 52.3 Å². The summed E-state index contributed by atoms with van der Waals surface area (Å²) in [5.74, 6) is 0.703. The van der Waals surface area contributed by atoms with E-state index >= 15 is 0 Å². The summed E-state index contributed by atoms with van der Waals surface area (Å²) in [5.41, 5.74) is 2.93. The van der Waals surface area contributed by atoms with Gasteiger partial charge >= 0.3 is 0 Å². The van der Waals surface area contributed by atoms with Crippen LogP contribution in [-0.2, 0) is 16.1 Å². The fourth-order valence-electron chi connectivity index (χ4n) is 6.79. The van der Waals surface area contributed by atoms with Crippen molar-refractivity contribution < 1.29 is 23.5 Å². The molecule has 2 aliphatic carbocycles. The Balaban J connectivity index is 1.34. The standard InChI is InChI=1S/C36H41FN6O4/c1-46-31-21-16-27(22-32(31)47-2)35-39-41-42(40-35)23-33(44)43(30-19-14-25(15-20-30)24-8-4-3-5-9-24)34(26-12-17-28(37)18-13-26)36(45)38-29-10-6-7-11-29/h12-22,24,29,34H,3-11,23H2,1-2H3,(H,38,45). The van der Waals surface area contributed by atoms with Crippen molar-refractivity contribution in [2.45, 2.75) is 82.3 Å². The average Bonchev–Trinajstić information content (AvgIpc) is 3.80. The van der Waals surface area contributed by atoms with E-state index in [1.807, 2.05) is 12.1 Å². The Kier molecular flexibility index (Phi) is 10.1. The topological polar surface area (TPSA) is 111 Å². The van der Waals surface area contributed by atoms with E-state index in [1.54, 1.807) is 44.6 Å². The molecule has 4 aromatic rings. The Morgan fingerprint density at radius 1 is 0.894 bits per heavy atom. The highest BCUT2D eigenvalue weighted by Crippen LogP contribution is 2.36. The number of carbonyl (C=O) groups excluding carboxylic acids is 2. The normalized spacial score (nSPS) is 16.1. The molecule has 1 aromatic heterocycles. The SMILES string of the molecule is COc1ccc(-c2nnn(CC(=O)N(c3ccc(C4CCCCC4)cc3)C(C(=O)NC3CCCC3)c3ccc(F)cc3)n2)cc1OC. The molecule has 0 aliphatic heterocycles. The molecule has 11 heteroatoms. The number of tetrazole rings is 1. The molecule has 2 amide bonds. The molecule has 2 saturated carbocycles. The number of carbonyl (C=O) groups is 2. The minimum absolute atomic E-state index is 0.0251. The maximum absolute atomic E-state index is 14.4. The van der Waals surface area contributed by atoms with Gasteiger partial charge in [-0.05, 0) is 90.4 Å². The van der Waals surface area contributed by atoms with Crippen LogP contribution in [0.15, 0.2) is 66.7 Å². The highest BCUT2D eigenvalue weighted by molar-refractivity contribution is 6.01. The summed E-state index contributed by atoms with van der Waals surface area (Å²) in [6.45, 7) is -0.279. The van der Waals surface area contributed by atoms with Gasteiger partial charge in [0.15, 0.2) is 11.5 Å². The van der Waals surface area contributed by atoms with Crippen molar-refractivity contribution >= 4 is 17.5 Å². The van der Waals surface area contributed by atoms with Crippen LogP contribution in [0.25, 0.3) is 11.4 Å². The number of nitrogens with zero attached hydrogens (tertiary/aromatic N) is 5. The van der Waals surface area contributed by atoms with E-state index in [0.717, 1.165) is 38.5 Å². The van der Waals surface area contributed by atoms with Crippen molar-refractivity contribution in [3.8, 4) is 22.9 Å². The minimum Gasteiger partial charge on any atom is -0.493 e. The maximum atomic E-state index is 14.4. The quantitative estimate of drug-likeness (QED) is 0.203. The van der Waals surface area contributed by atoms with E-state index < -0.39 is 17.8 Å². The van der Waals surface area contributed by atoms with E-state index in [9.17, 15) is 14.0 Å². The predicted molar refractivity (Wildman–Crippen MR) is 176 cm³/mol. The Morgan fingerprint density at radius 3 is 2.26 bits per heavy atom. The number of hydrogen-bond donors (Lipinski definition) is 1. The number of methoxy groups -OCH3 is 2. The molecule has 1 N–H and O–H groups in total. The molecule has 0 spiro atoms. The van der Waals surface area contributed by atoms with Crippen molar-refractivity contribution in [2.75, 3.05) is 19.1 Å². The fourth-order valence-corrected chi connectivity index (χ4v) is 6.79. The van der Waals surface area contributed by atoms with Gasteiger partial charge in [0.1, 0.15) is 18.4 Å². The van der Waals surface area contributed by atoms with Gasteiger partial charge in [-0.2, -0.15) is 4.80 Å². The molecule has 2 fully saturated rings. The zero-order chi connectivity index (χ0) is 32.8. The van der Waals surface area contributed by atoms with Crippen LogP contribution in [0.4, 0.5) is 10.1 Å². The van der Waals surface area contributed by atoms with Gasteiger partial charge in [-0.1, -0.05) is 56.4 Å². The Morgan fingerprint density at radius 2 is 1.57 bits per heavy atom. The third-order valence-corrected chi connectivity index (χ3v) is 9.28. The zero-order valence-corrected chi connectivity index (χ0v) is 26.9. The Labute approximate surface area is 274 Å². The number of rotatable bonds is 11. The molecule has 47 heavy (non-hydrogen) atoms.